The van der Waals surface area contributed by atoms with E-state index in [1.807, 2.05) is 13.8 Å². The molecule has 0 aliphatic heterocycles. The third-order valence-electron chi connectivity index (χ3n) is 2.57. The zero-order valence-corrected chi connectivity index (χ0v) is 12.3. The number of ether oxygens (including phenoxy) is 2. The van der Waals surface area contributed by atoms with Crippen LogP contribution in [-0.2, 0) is 9.53 Å². The van der Waals surface area contributed by atoms with Gasteiger partial charge in [0, 0.05) is 0 Å². The second kappa shape index (κ2) is 8.53. The van der Waals surface area contributed by atoms with Gasteiger partial charge in [0.1, 0.15) is 17.8 Å². The van der Waals surface area contributed by atoms with E-state index in [1.165, 1.54) is 6.08 Å². The molecule has 0 spiro atoms. The number of carbonyl (C=O) groups is 2. The van der Waals surface area contributed by atoms with Crippen LogP contribution in [0.4, 0.5) is 0 Å². The lowest BCUT2D eigenvalue weighted by Crippen LogP contribution is -2.05. The van der Waals surface area contributed by atoms with Crippen LogP contribution in [0.1, 0.15) is 24.2 Å². The topological polar surface area (TPSA) is 52.6 Å². The summed E-state index contributed by atoms with van der Waals surface area (Å²) < 4.78 is 10.4. The number of benzene rings is 1. The molecule has 0 N–H and O–H groups in total. The van der Waals surface area contributed by atoms with Gasteiger partial charge in [-0.1, -0.05) is 12.2 Å². The van der Waals surface area contributed by atoms with E-state index < -0.39 is 5.97 Å². The maximum absolute atomic E-state index is 12.0. The molecule has 21 heavy (non-hydrogen) atoms. The maximum Gasteiger partial charge on any atom is 0.343 e. The van der Waals surface area contributed by atoms with Crippen LogP contribution >= 0.6 is 0 Å². The number of hydrogen-bond donors (Lipinski definition) is 0. The smallest absolute Gasteiger partial charge is 0.343 e. The summed E-state index contributed by atoms with van der Waals surface area (Å²) in [6.45, 7) is 3.68. The summed E-state index contributed by atoms with van der Waals surface area (Å²) in [5, 5.41) is 0. The first-order valence-electron chi connectivity index (χ1n) is 6.40. The first kappa shape index (κ1) is 16.4. The lowest BCUT2D eigenvalue weighted by molar-refractivity contribution is -0.104. The van der Waals surface area contributed by atoms with Crippen LogP contribution in [0.2, 0.25) is 0 Å². The quantitative estimate of drug-likeness (QED) is 0.264. The number of hydrogen-bond acceptors (Lipinski definition) is 4. The van der Waals surface area contributed by atoms with Crippen molar-refractivity contribution in [3.8, 4) is 5.75 Å². The van der Waals surface area contributed by atoms with Crippen LogP contribution in [0.3, 0.4) is 0 Å². The number of esters is 1. The molecule has 0 aliphatic rings. The van der Waals surface area contributed by atoms with E-state index in [2.05, 4.69) is 0 Å². The number of rotatable bonds is 6. The Balaban J connectivity index is 2.81. The molecule has 1 aromatic carbocycles. The summed E-state index contributed by atoms with van der Waals surface area (Å²) >= 11 is 0. The predicted octanol–water partition coefficient (Wildman–Crippen LogP) is 3.46. The van der Waals surface area contributed by atoms with Crippen molar-refractivity contribution >= 4 is 12.3 Å². The zero-order valence-electron chi connectivity index (χ0n) is 12.3. The fourth-order valence-electron chi connectivity index (χ4n) is 1.44. The molecular weight excluding hydrogens is 268 g/mol. The van der Waals surface area contributed by atoms with Gasteiger partial charge in [-0.25, -0.2) is 4.79 Å². The molecule has 1 rings (SSSR count). The fraction of sp³-hybridized carbons (Fsp3) is 0.176. The number of methoxy groups -OCH3 is 1. The van der Waals surface area contributed by atoms with Crippen LogP contribution in [-0.4, -0.2) is 19.4 Å². The van der Waals surface area contributed by atoms with Gasteiger partial charge in [0.05, 0.1) is 12.7 Å². The number of carbonyl (C=O) groups excluding carboxylic acids is 2. The molecule has 0 radical (unpaired) electrons. The minimum Gasteiger partial charge on any atom is -0.497 e. The Morgan fingerprint density at radius 2 is 1.71 bits per heavy atom. The molecule has 0 bridgehead atoms. The summed E-state index contributed by atoms with van der Waals surface area (Å²) in [4.78, 5) is 22.2. The highest BCUT2D eigenvalue weighted by atomic mass is 16.5. The molecular formula is C17H18O4. The van der Waals surface area contributed by atoms with E-state index in [-0.39, 0.29) is 0 Å². The molecule has 4 heteroatoms. The third kappa shape index (κ3) is 5.48. The molecule has 0 aromatic heterocycles. The number of aldehydes is 1. The highest BCUT2D eigenvalue weighted by Gasteiger charge is 2.09. The molecule has 0 fully saturated rings. The maximum atomic E-state index is 12.0. The van der Waals surface area contributed by atoms with Crippen molar-refractivity contribution in [1.82, 2.24) is 0 Å². The monoisotopic (exact) mass is 286 g/mol. The van der Waals surface area contributed by atoms with E-state index in [0.29, 0.717) is 23.4 Å². The SMILES string of the molecule is COc1ccc(C(=O)OC(/C=C/C=C/C=O)=C(C)C)cc1. The number of allylic oxidation sites excluding steroid dienone is 5. The van der Waals surface area contributed by atoms with Crippen molar-refractivity contribution in [2.45, 2.75) is 13.8 Å². The Bertz CT molecular complexity index is 573. The first-order chi connectivity index (χ1) is 10.1. The van der Waals surface area contributed by atoms with Crippen LogP contribution in [0.5, 0.6) is 5.75 Å². The van der Waals surface area contributed by atoms with Crippen molar-refractivity contribution in [3.05, 3.63) is 65.5 Å². The van der Waals surface area contributed by atoms with E-state index >= 15 is 0 Å². The van der Waals surface area contributed by atoms with Gasteiger partial charge < -0.3 is 9.47 Å². The predicted molar refractivity (Wildman–Crippen MR) is 81.1 cm³/mol. The third-order valence-corrected chi connectivity index (χ3v) is 2.57. The van der Waals surface area contributed by atoms with Crippen LogP contribution in [0.15, 0.2) is 59.9 Å². The van der Waals surface area contributed by atoms with Gasteiger partial charge in [-0.05, 0) is 55.8 Å². The molecule has 0 saturated heterocycles. The summed E-state index contributed by atoms with van der Waals surface area (Å²) in [6.07, 6.45) is 6.87. The van der Waals surface area contributed by atoms with Gasteiger partial charge in [0.2, 0.25) is 0 Å². The highest BCUT2D eigenvalue weighted by molar-refractivity contribution is 5.90. The largest absolute Gasteiger partial charge is 0.497 e. The molecule has 0 amide bonds. The van der Waals surface area contributed by atoms with Crippen molar-refractivity contribution in [2.24, 2.45) is 0 Å². The lowest BCUT2D eigenvalue weighted by atomic mass is 10.2. The van der Waals surface area contributed by atoms with Crippen molar-refractivity contribution in [3.63, 3.8) is 0 Å². The van der Waals surface area contributed by atoms with Gasteiger partial charge in [0.25, 0.3) is 0 Å². The summed E-state index contributed by atoms with van der Waals surface area (Å²) in [7, 11) is 1.56. The van der Waals surface area contributed by atoms with E-state index in [9.17, 15) is 9.59 Å². The highest BCUT2D eigenvalue weighted by Crippen LogP contribution is 2.15. The Morgan fingerprint density at radius 1 is 1.05 bits per heavy atom. The van der Waals surface area contributed by atoms with E-state index in [0.717, 1.165) is 5.57 Å². The van der Waals surface area contributed by atoms with Crippen LogP contribution < -0.4 is 4.74 Å². The molecule has 4 nitrogen and oxygen atoms in total. The van der Waals surface area contributed by atoms with Gasteiger partial charge >= 0.3 is 5.97 Å². The average molecular weight is 286 g/mol. The van der Waals surface area contributed by atoms with Crippen LogP contribution in [0, 0.1) is 0 Å². The normalized spacial score (nSPS) is 10.6. The summed E-state index contributed by atoms with van der Waals surface area (Å²) in [6, 6.07) is 6.67. The molecule has 1 aromatic rings. The Morgan fingerprint density at radius 3 is 2.24 bits per heavy atom. The van der Waals surface area contributed by atoms with E-state index in [1.54, 1.807) is 49.6 Å². The standard InChI is InChI=1S/C17H18O4/c1-13(2)16(7-5-4-6-12-18)21-17(19)14-8-10-15(20-3)11-9-14/h4-12H,1-3H3/b6-4+,7-5+. The summed E-state index contributed by atoms with van der Waals surface area (Å²) in [5.41, 5.74) is 1.29. The van der Waals surface area contributed by atoms with Gasteiger partial charge in [0.15, 0.2) is 0 Å². The molecule has 0 saturated carbocycles. The second-order valence-corrected chi connectivity index (χ2v) is 4.36. The molecule has 0 unspecified atom stereocenters. The fourth-order valence-corrected chi connectivity index (χ4v) is 1.44. The van der Waals surface area contributed by atoms with E-state index in [4.69, 9.17) is 9.47 Å². The summed E-state index contributed by atoms with van der Waals surface area (Å²) in [5.74, 6) is 0.678. The van der Waals surface area contributed by atoms with Gasteiger partial charge in [-0.3, -0.25) is 4.79 Å². The molecule has 0 aliphatic carbocycles. The molecule has 0 atom stereocenters. The first-order valence-corrected chi connectivity index (χ1v) is 6.40. The van der Waals surface area contributed by atoms with Crippen molar-refractivity contribution in [2.75, 3.05) is 7.11 Å². The Hall–Kier alpha value is -2.62. The lowest BCUT2D eigenvalue weighted by Gasteiger charge is -2.07. The van der Waals surface area contributed by atoms with Gasteiger partial charge in [-0.2, -0.15) is 0 Å². The van der Waals surface area contributed by atoms with Crippen LogP contribution in [0.25, 0.3) is 0 Å². The van der Waals surface area contributed by atoms with Gasteiger partial charge in [-0.15, -0.1) is 0 Å². The molecule has 0 heterocycles. The second-order valence-electron chi connectivity index (χ2n) is 4.36. The Labute approximate surface area is 124 Å². The van der Waals surface area contributed by atoms with Crippen molar-refractivity contribution < 1.29 is 19.1 Å². The van der Waals surface area contributed by atoms with Crippen molar-refractivity contribution in [1.29, 1.82) is 0 Å². The Kier molecular flexibility index (Phi) is 6.68. The minimum absolute atomic E-state index is 0.436. The minimum atomic E-state index is -0.446. The molecule has 110 valence electrons. The average Bonchev–Trinajstić information content (AvgIpc) is 2.50. The zero-order chi connectivity index (χ0) is 15.7.